The molecule has 2 aromatic rings. The molecule has 9 heteroatoms. The van der Waals surface area contributed by atoms with Crippen LogP contribution in [0, 0.1) is 11.6 Å². The standard InChI is InChI=1S/C19H20F2N2O4S/c1-14(27-16-5-3-2-4-6-16)19(24)22-9-11-23(12-10-22)28(25,26)18-13-15(20)7-8-17(18)21/h2-8,13-14H,9-12H2,1H3/t14-/m1/s1. The lowest BCUT2D eigenvalue weighted by Crippen LogP contribution is -2.53. The average molecular weight is 410 g/mol. The molecule has 1 atom stereocenters. The highest BCUT2D eigenvalue weighted by molar-refractivity contribution is 7.89. The first-order chi connectivity index (χ1) is 13.3. The Kier molecular flexibility index (Phi) is 5.95. The quantitative estimate of drug-likeness (QED) is 0.759. The van der Waals surface area contributed by atoms with Crippen LogP contribution in [0.25, 0.3) is 0 Å². The first kappa shape index (κ1) is 20.2. The van der Waals surface area contributed by atoms with Crippen LogP contribution in [0.5, 0.6) is 5.75 Å². The van der Waals surface area contributed by atoms with Crippen LogP contribution >= 0.6 is 0 Å². The number of amides is 1. The fraction of sp³-hybridized carbons (Fsp3) is 0.316. The lowest BCUT2D eigenvalue weighted by Gasteiger charge is -2.35. The first-order valence-corrected chi connectivity index (χ1v) is 10.2. The molecule has 2 aromatic carbocycles. The van der Waals surface area contributed by atoms with E-state index in [4.69, 9.17) is 4.74 Å². The number of ether oxygens (including phenoxy) is 1. The van der Waals surface area contributed by atoms with Crippen LogP contribution in [0.4, 0.5) is 8.78 Å². The summed E-state index contributed by atoms with van der Waals surface area (Å²) in [6.07, 6.45) is -0.730. The SMILES string of the molecule is C[C@@H](Oc1ccccc1)C(=O)N1CCN(S(=O)(=O)c2cc(F)ccc2F)CC1. The smallest absolute Gasteiger partial charge is 0.263 e. The van der Waals surface area contributed by atoms with E-state index in [2.05, 4.69) is 0 Å². The molecule has 1 fully saturated rings. The topological polar surface area (TPSA) is 66.9 Å². The second kappa shape index (κ2) is 8.24. The Labute approximate surface area is 162 Å². The Morgan fingerprint density at radius 1 is 1.04 bits per heavy atom. The van der Waals surface area contributed by atoms with Gasteiger partial charge in [0.2, 0.25) is 10.0 Å². The summed E-state index contributed by atoms with van der Waals surface area (Å²) in [5.41, 5.74) is 0. The van der Waals surface area contributed by atoms with Crippen molar-refractivity contribution in [1.82, 2.24) is 9.21 Å². The van der Waals surface area contributed by atoms with Crippen LogP contribution in [0.3, 0.4) is 0 Å². The number of para-hydroxylation sites is 1. The van der Waals surface area contributed by atoms with E-state index in [1.54, 1.807) is 31.2 Å². The molecule has 0 unspecified atom stereocenters. The Bertz CT molecular complexity index is 946. The van der Waals surface area contributed by atoms with E-state index in [9.17, 15) is 22.0 Å². The Balaban J connectivity index is 1.63. The van der Waals surface area contributed by atoms with Crippen molar-refractivity contribution in [2.24, 2.45) is 0 Å². The van der Waals surface area contributed by atoms with E-state index in [1.807, 2.05) is 6.07 Å². The molecule has 150 valence electrons. The number of rotatable bonds is 5. The molecule has 1 heterocycles. The van der Waals surface area contributed by atoms with Gasteiger partial charge in [-0.15, -0.1) is 0 Å². The Morgan fingerprint density at radius 3 is 2.32 bits per heavy atom. The minimum absolute atomic E-state index is 0.0118. The van der Waals surface area contributed by atoms with E-state index < -0.39 is 32.7 Å². The van der Waals surface area contributed by atoms with Crippen molar-refractivity contribution in [1.29, 1.82) is 0 Å². The van der Waals surface area contributed by atoms with Crippen molar-refractivity contribution in [3.63, 3.8) is 0 Å². The largest absolute Gasteiger partial charge is 0.481 e. The predicted molar refractivity (Wildman–Crippen MR) is 98.2 cm³/mol. The van der Waals surface area contributed by atoms with Gasteiger partial charge in [-0.05, 0) is 37.3 Å². The second-order valence-corrected chi connectivity index (χ2v) is 8.28. The molecule has 0 bridgehead atoms. The maximum atomic E-state index is 13.9. The molecule has 1 amide bonds. The summed E-state index contributed by atoms with van der Waals surface area (Å²) >= 11 is 0. The van der Waals surface area contributed by atoms with Crippen molar-refractivity contribution in [3.8, 4) is 5.75 Å². The summed E-state index contributed by atoms with van der Waals surface area (Å²) in [5.74, 6) is -1.55. The molecule has 1 saturated heterocycles. The fourth-order valence-corrected chi connectivity index (χ4v) is 4.47. The number of piperazine rings is 1. The zero-order chi connectivity index (χ0) is 20.3. The van der Waals surface area contributed by atoms with Gasteiger partial charge < -0.3 is 9.64 Å². The number of hydrogen-bond donors (Lipinski definition) is 0. The van der Waals surface area contributed by atoms with Crippen LogP contribution in [0.15, 0.2) is 53.4 Å². The van der Waals surface area contributed by atoms with Gasteiger partial charge >= 0.3 is 0 Å². The monoisotopic (exact) mass is 410 g/mol. The summed E-state index contributed by atoms with van der Waals surface area (Å²) in [4.78, 5) is 13.4. The number of nitrogens with zero attached hydrogens (tertiary/aromatic N) is 2. The van der Waals surface area contributed by atoms with Crippen molar-refractivity contribution in [3.05, 3.63) is 60.2 Å². The predicted octanol–water partition coefficient (Wildman–Crippen LogP) is 2.27. The second-order valence-electron chi connectivity index (χ2n) is 6.38. The number of carbonyl (C=O) groups is 1. The molecule has 1 aliphatic rings. The molecule has 3 rings (SSSR count). The number of carbonyl (C=O) groups excluding carboxylic acids is 1. The van der Waals surface area contributed by atoms with Crippen molar-refractivity contribution in [2.75, 3.05) is 26.2 Å². The van der Waals surface area contributed by atoms with Gasteiger partial charge in [0.1, 0.15) is 22.3 Å². The minimum atomic E-state index is -4.18. The van der Waals surface area contributed by atoms with E-state index in [-0.39, 0.29) is 32.1 Å². The molecular weight excluding hydrogens is 390 g/mol. The number of halogens is 2. The third kappa shape index (κ3) is 4.31. The van der Waals surface area contributed by atoms with Gasteiger partial charge in [0, 0.05) is 26.2 Å². The fourth-order valence-electron chi connectivity index (χ4n) is 2.97. The summed E-state index contributed by atoms with van der Waals surface area (Å²) < 4.78 is 59.1. The summed E-state index contributed by atoms with van der Waals surface area (Å²) in [6, 6.07) is 11.2. The lowest BCUT2D eigenvalue weighted by molar-refractivity contribution is -0.139. The van der Waals surface area contributed by atoms with Gasteiger partial charge in [0.05, 0.1) is 0 Å². The molecule has 28 heavy (non-hydrogen) atoms. The van der Waals surface area contributed by atoms with Gasteiger partial charge in [-0.25, -0.2) is 17.2 Å². The van der Waals surface area contributed by atoms with E-state index in [0.717, 1.165) is 16.4 Å². The average Bonchev–Trinajstić information content (AvgIpc) is 2.70. The van der Waals surface area contributed by atoms with Crippen LogP contribution in [-0.4, -0.2) is 55.8 Å². The summed E-state index contributed by atoms with van der Waals surface area (Å²) in [7, 11) is -4.18. The van der Waals surface area contributed by atoms with Gasteiger partial charge in [-0.2, -0.15) is 4.31 Å². The molecule has 1 aliphatic heterocycles. The Morgan fingerprint density at radius 2 is 1.68 bits per heavy atom. The lowest BCUT2D eigenvalue weighted by atomic mass is 10.3. The van der Waals surface area contributed by atoms with Crippen molar-refractivity contribution < 1.29 is 26.7 Å². The van der Waals surface area contributed by atoms with Crippen LogP contribution in [0.1, 0.15) is 6.92 Å². The van der Waals surface area contributed by atoms with Gasteiger partial charge in [-0.3, -0.25) is 4.79 Å². The number of hydrogen-bond acceptors (Lipinski definition) is 4. The summed E-state index contributed by atoms with van der Waals surface area (Å²) in [5, 5.41) is 0. The maximum Gasteiger partial charge on any atom is 0.263 e. The summed E-state index contributed by atoms with van der Waals surface area (Å²) in [6.45, 7) is 1.87. The molecule has 0 N–H and O–H groups in total. The van der Waals surface area contributed by atoms with Gasteiger partial charge in [-0.1, -0.05) is 18.2 Å². The normalized spacial score (nSPS) is 16.6. The molecule has 0 saturated carbocycles. The first-order valence-electron chi connectivity index (χ1n) is 8.75. The van der Waals surface area contributed by atoms with Crippen molar-refractivity contribution in [2.45, 2.75) is 17.9 Å². The molecule has 0 aliphatic carbocycles. The zero-order valence-electron chi connectivity index (χ0n) is 15.2. The van der Waals surface area contributed by atoms with Gasteiger partial charge in [0.25, 0.3) is 5.91 Å². The van der Waals surface area contributed by atoms with Crippen LogP contribution < -0.4 is 4.74 Å². The highest BCUT2D eigenvalue weighted by Gasteiger charge is 2.33. The number of benzene rings is 2. The molecule has 0 spiro atoms. The third-order valence-electron chi connectivity index (χ3n) is 4.47. The zero-order valence-corrected chi connectivity index (χ0v) is 16.0. The highest BCUT2D eigenvalue weighted by atomic mass is 32.2. The Hall–Kier alpha value is -2.52. The van der Waals surface area contributed by atoms with Gasteiger partial charge in [0.15, 0.2) is 6.10 Å². The minimum Gasteiger partial charge on any atom is -0.481 e. The van der Waals surface area contributed by atoms with E-state index in [0.29, 0.717) is 11.8 Å². The van der Waals surface area contributed by atoms with Crippen molar-refractivity contribution >= 4 is 15.9 Å². The molecule has 6 nitrogen and oxygen atoms in total. The van der Waals surface area contributed by atoms with Crippen LogP contribution in [-0.2, 0) is 14.8 Å². The molecule has 0 radical (unpaired) electrons. The molecular formula is C19H20F2N2O4S. The number of sulfonamides is 1. The molecule has 0 aromatic heterocycles. The van der Waals surface area contributed by atoms with Crippen LogP contribution in [0.2, 0.25) is 0 Å². The van der Waals surface area contributed by atoms with E-state index >= 15 is 0 Å². The highest BCUT2D eigenvalue weighted by Crippen LogP contribution is 2.22. The third-order valence-corrected chi connectivity index (χ3v) is 6.38. The van der Waals surface area contributed by atoms with E-state index in [1.165, 1.54) is 4.90 Å². The maximum absolute atomic E-state index is 13.9.